The van der Waals surface area contributed by atoms with Crippen LogP contribution in [0.15, 0.2) is 16.8 Å². The normalized spacial score (nSPS) is 21.4. The van der Waals surface area contributed by atoms with E-state index >= 15 is 0 Å². The van der Waals surface area contributed by atoms with Crippen LogP contribution < -0.4 is 10.6 Å². The summed E-state index contributed by atoms with van der Waals surface area (Å²) in [5, 5.41) is 9.93. The maximum absolute atomic E-state index is 12.5. The lowest BCUT2D eigenvalue weighted by molar-refractivity contribution is 0.0918. The molecule has 150 valence electrons. The largest absolute Gasteiger partial charge is 0.383 e. The van der Waals surface area contributed by atoms with Crippen molar-refractivity contribution in [3.05, 3.63) is 22.4 Å². The second-order valence-corrected chi connectivity index (χ2v) is 8.04. The van der Waals surface area contributed by atoms with Crippen LogP contribution in [0.1, 0.15) is 36.0 Å². The van der Waals surface area contributed by atoms with Gasteiger partial charge < -0.3 is 20.3 Å². The molecule has 2 N–H and O–H groups in total. The number of rotatable bonds is 7. The Kier molecular flexibility index (Phi) is 7.49. The van der Waals surface area contributed by atoms with Gasteiger partial charge in [0, 0.05) is 56.3 Å². The number of hydrogen-bond donors (Lipinski definition) is 2. The number of methoxy groups -OCH3 is 1. The number of carbonyl (C=O) groups excluding carboxylic acids is 2. The molecular formula is C19H30N4O3S. The highest BCUT2D eigenvalue weighted by Crippen LogP contribution is 2.17. The van der Waals surface area contributed by atoms with E-state index in [1.54, 1.807) is 7.11 Å². The van der Waals surface area contributed by atoms with Crippen molar-refractivity contribution in [2.45, 2.75) is 37.8 Å². The lowest BCUT2D eigenvalue weighted by Crippen LogP contribution is -2.51. The van der Waals surface area contributed by atoms with Crippen LogP contribution in [-0.2, 0) is 4.74 Å². The van der Waals surface area contributed by atoms with Gasteiger partial charge in [0.1, 0.15) is 0 Å². The van der Waals surface area contributed by atoms with Crippen LogP contribution in [0.5, 0.6) is 0 Å². The zero-order valence-corrected chi connectivity index (χ0v) is 16.8. The van der Waals surface area contributed by atoms with Gasteiger partial charge in [-0.1, -0.05) is 0 Å². The number of urea groups is 1. The van der Waals surface area contributed by atoms with Crippen molar-refractivity contribution in [2.24, 2.45) is 0 Å². The number of hydrogen-bond acceptors (Lipinski definition) is 5. The Morgan fingerprint density at radius 1 is 1.26 bits per heavy atom. The quantitative estimate of drug-likeness (QED) is 0.739. The van der Waals surface area contributed by atoms with Crippen LogP contribution in [0.4, 0.5) is 4.79 Å². The molecule has 0 unspecified atom stereocenters. The number of piperidine rings is 1. The molecule has 0 aliphatic carbocycles. The number of likely N-dealkylation sites (tertiary alicyclic amines) is 2. The fraction of sp³-hybridized carbons (Fsp3) is 0.684. The first-order valence-corrected chi connectivity index (χ1v) is 10.7. The van der Waals surface area contributed by atoms with Gasteiger partial charge >= 0.3 is 6.03 Å². The van der Waals surface area contributed by atoms with Gasteiger partial charge in [-0.05, 0) is 43.7 Å². The summed E-state index contributed by atoms with van der Waals surface area (Å²) in [6.07, 6.45) is 3.90. The lowest BCUT2D eigenvalue weighted by Gasteiger charge is -2.33. The minimum absolute atomic E-state index is 0.0104. The second-order valence-electron chi connectivity index (χ2n) is 7.26. The Labute approximate surface area is 165 Å². The average Bonchev–Trinajstić information content (AvgIpc) is 3.37. The molecule has 0 radical (unpaired) electrons. The Balaban J connectivity index is 1.36. The molecule has 2 fully saturated rings. The first kappa shape index (κ1) is 20.1. The van der Waals surface area contributed by atoms with Gasteiger partial charge in [0.2, 0.25) is 0 Å². The molecule has 27 heavy (non-hydrogen) atoms. The van der Waals surface area contributed by atoms with E-state index in [0.29, 0.717) is 25.7 Å². The van der Waals surface area contributed by atoms with Crippen LogP contribution in [0.2, 0.25) is 0 Å². The van der Waals surface area contributed by atoms with Gasteiger partial charge in [-0.25, -0.2) is 4.79 Å². The van der Waals surface area contributed by atoms with Crippen molar-refractivity contribution in [2.75, 3.05) is 46.4 Å². The number of carbonyl (C=O) groups is 2. The first-order chi connectivity index (χ1) is 13.2. The van der Waals surface area contributed by atoms with E-state index in [1.165, 1.54) is 17.8 Å². The van der Waals surface area contributed by atoms with Gasteiger partial charge in [-0.2, -0.15) is 11.3 Å². The predicted molar refractivity (Wildman–Crippen MR) is 106 cm³/mol. The van der Waals surface area contributed by atoms with E-state index < -0.39 is 0 Å². The molecule has 3 rings (SSSR count). The van der Waals surface area contributed by atoms with Gasteiger partial charge in [-0.3, -0.25) is 9.69 Å². The minimum Gasteiger partial charge on any atom is -0.383 e. The summed E-state index contributed by atoms with van der Waals surface area (Å²) in [4.78, 5) is 28.9. The molecule has 2 aliphatic rings. The highest BCUT2D eigenvalue weighted by Gasteiger charge is 2.27. The van der Waals surface area contributed by atoms with E-state index in [9.17, 15) is 9.59 Å². The summed E-state index contributed by atoms with van der Waals surface area (Å²) in [5.41, 5.74) is 0.717. The molecule has 8 heteroatoms. The lowest BCUT2D eigenvalue weighted by atomic mass is 10.0. The second kappa shape index (κ2) is 10.1. The summed E-state index contributed by atoms with van der Waals surface area (Å²) in [5.74, 6) is -0.0171. The Morgan fingerprint density at radius 2 is 2.07 bits per heavy atom. The molecule has 0 aromatic carbocycles. The third-order valence-electron chi connectivity index (χ3n) is 5.47. The van der Waals surface area contributed by atoms with Crippen molar-refractivity contribution in [3.63, 3.8) is 0 Å². The van der Waals surface area contributed by atoms with Crippen molar-refractivity contribution in [1.29, 1.82) is 0 Å². The molecule has 1 aromatic heterocycles. The molecule has 0 saturated carbocycles. The van der Waals surface area contributed by atoms with Crippen molar-refractivity contribution >= 4 is 23.3 Å². The third kappa shape index (κ3) is 5.67. The van der Waals surface area contributed by atoms with Crippen molar-refractivity contribution < 1.29 is 14.3 Å². The molecular weight excluding hydrogens is 364 g/mol. The molecule has 3 amide bonds. The predicted octanol–water partition coefficient (Wildman–Crippen LogP) is 1.76. The summed E-state index contributed by atoms with van der Waals surface area (Å²) in [6.45, 7) is 4.79. The first-order valence-electron chi connectivity index (χ1n) is 9.76. The summed E-state index contributed by atoms with van der Waals surface area (Å²) >= 11 is 1.52. The monoisotopic (exact) mass is 394 g/mol. The summed E-state index contributed by atoms with van der Waals surface area (Å²) in [6, 6.07) is 2.39. The smallest absolute Gasteiger partial charge is 0.317 e. The van der Waals surface area contributed by atoms with Gasteiger partial charge in [0.05, 0.1) is 6.61 Å². The highest BCUT2D eigenvalue weighted by molar-refractivity contribution is 7.08. The molecule has 1 aromatic rings. The van der Waals surface area contributed by atoms with Crippen LogP contribution >= 0.6 is 11.3 Å². The fourth-order valence-electron chi connectivity index (χ4n) is 3.84. The van der Waals surface area contributed by atoms with Gasteiger partial charge in [-0.15, -0.1) is 0 Å². The maximum Gasteiger partial charge on any atom is 0.317 e. The zero-order valence-electron chi connectivity index (χ0n) is 16.0. The van der Waals surface area contributed by atoms with E-state index in [2.05, 4.69) is 15.5 Å². The molecule has 2 aliphatic heterocycles. The molecule has 2 saturated heterocycles. The van der Waals surface area contributed by atoms with Crippen LogP contribution in [0.25, 0.3) is 0 Å². The van der Waals surface area contributed by atoms with E-state index in [-0.39, 0.29) is 18.0 Å². The van der Waals surface area contributed by atoms with Crippen LogP contribution in [-0.4, -0.2) is 80.3 Å². The molecule has 7 nitrogen and oxygen atoms in total. The minimum atomic E-state index is -0.0171. The number of thiophene rings is 1. The van der Waals surface area contributed by atoms with E-state index in [4.69, 9.17) is 4.74 Å². The summed E-state index contributed by atoms with van der Waals surface area (Å²) < 4.78 is 5.17. The molecule has 0 bridgehead atoms. The van der Waals surface area contributed by atoms with Gasteiger partial charge in [0.25, 0.3) is 5.91 Å². The Morgan fingerprint density at radius 3 is 2.78 bits per heavy atom. The summed E-state index contributed by atoms with van der Waals surface area (Å²) in [7, 11) is 1.72. The van der Waals surface area contributed by atoms with E-state index in [1.807, 2.05) is 21.7 Å². The zero-order chi connectivity index (χ0) is 19.1. The third-order valence-corrected chi connectivity index (χ3v) is 6.15. The SMILES string of the molecule is COCCN1CCC[C@H]1CNC(=O)N1CCC(NC(=O)c2ccsc2)CC1. The fourth-order valence-corrected chi connectivity index (χ4v) is 4.47. The van der Waals surface area contributed by atoms with E-state index in [0.717, 1.165) is 44.5 Å². The maximum atomic E-state index is 12.5. The number of nitrogens with zero attached hydrogens (tertiary/aromatic N) is 2. The highest BCUT2D eigenvalue weighted by atomic mass is 32.1. The van der Waals surface area contributed by atoms with Crippen LogP contribution in [0.3, 0.4) is 0 Å². The number of amides is 3. The molecule has 0 spiro atoms. The van der Waals surface area contributed by atoms with Gasteiger partial charge in [0.15, 0.2) is 0 Å². The van der Waals surface area contributed by atoms with Crippen molar-refractivity contribution in [3.8, 4) is 0 Å². The standard InChI is InChI=1S/C19H30N4O3S/c1-26-11-10-22-7-2-3-17(22)13-20-19(25)23-8-4-16(5-9-23)21-18(24)15-6-12-27-14-15/h6,12,14,16-17H,2-5,7-11,13H2,1H3,(H,20,25)(H,21,24)/t17-/m0/s1. The van der Waals surface area contributed by atoms with Crippen molar-refractivity contribution in [1.82, 2.24) is 20.4 Å². The number of ether oxygens (including phenoxy) is 1. The topological polar surface area (TPSA) is 73.9 Å². The molecule has 1 atom stereocenters. The molecule has 3 heterocycles. The Hall–Kier alpha value is -1.64. The van der Waals surface area contributed by atoms with Crippen LogP contribution in [0, 0.1) is 0 Å². The number of nitrogens with one attached hydrogen (secondary N) is 2. The Bertz CT molecular complexity index is 602. The average molecular weight is 395 g/mol.